The summed E-state index contributed by atoms with van der Waals surface area (Å²) in [4.78, 5) is 12.8. The fourth-order valence-corrected chi connectivity index (χ4v) is 3.65. The van der Waals surface area contributed by atoms with Crippen LogP contribution in [0.15, 0.2) is 36.4 Å². The molecule has 3 rings (SSSR count). The topological polar surface area (TPSA) is 47.6 Å². The number of aryl methyl sites for hydroxylation is 3. The van der Waals surface area contributed by atoms with E-state index >= 15 is 0 Å². The van der Waals surface area contributed by atoms with Gasteiger partial charge in [0.1, 0.15) is 17.1 Å². The Morgan fingerprint density at radius 1 is 1.11 bits per heavy atom. The Hall–Kier alpha value is -2.49. The zero-order valence-corrected chi connectivity index (χ0v) is 17.1. The van der Waals surface area contributed by atoms with Gasteiger partial charge in [0.15, 0.2) is 6.10 Å². The summed E-state index contributed by atoms with van der Waals surface area (Å²) in [6.45, 7) is 12.0. The average molecular weight is 367 g/mol. The van der Waals surface area contributed by atoms with Crippen molar-refractivity contribution in [3.63, 3.8) is 0 Å². The Morgan fingerprint density at radius 2 is 1.78 bits per heavy atom. The summed E-state index contributed by atoms with van der Waals surface area (Å²) in [6, 6.07) is 12.0. The van der Waals surface area contributed by atoms with Crippen LogP contribution < -0.4 is 14.8 Å². The molecule has 0 unspecified atom stereocenters. The van der Waals surface area contributed by atoms with Gasteiger partial charge in [0.05, 0.1) is 6.04 Å². The lowest BCUT2D eigenvalue weighted by Gasteiger charge is -2.38. The first-order valence-electron chi connectivity index (χ1n) is 9.48. The van der Waals surface area contributed by atoms with Crippen LogP contribution in [0.4, 0.5) is 0 Å². The highest BCUT2D eigenvalue weighted by atomic mass is 16.5. The summed E-state index contributed by atoms with van der Waals surface area (Å²) in [6.07, 6.45) is 0.135. The van der Waals surface area contributed by atoms with E-state index in [1.807, 2.05) is 58.9 Å². The zero-order valence-electron chi connectivity index (χ0n) is 17.1. The van der Waals surface area contributed by atoms with Gasteiger partial charge in [-0.3, -0.25) is 4.79 Å². The quantitative estimate of drug-likeness (QED) is 0.844. The number of carbonyl (C=O) groups excluding carboxylic acids is 1. The van der Waals surface area contributed by atoms with Crippen molar-refractivity contribution in [1.29, 1.82) is 0 Å². The van der Waals surface area contributed by atoms with E-state index in [9.17, 15) is 4.79 Å². The minimum absolute atomic E-state index is 0.0959. The van der Waals surface area contributed by atoms with Crippen molar-refractivity contribution in [2.75, 3.05) is 0 Å². The predicted octanol–water partition coefficient (Wildman–Crippen LogP) is 4.80. The minimum Gasteiger partial charge on any atom is -0.487 e. The maximum atomic E-state index is 12.8. The highest BCUT2D eigenvalue weighted by Crippen LogP contribution is 2.39. The van der Waals surface area contributed by atoms with E-state index in [-0.39, 0.29) is 17.6 Å². The van der Waals surface area contributed by atoms with E-state index in [0.717, 1.165) is 33.8 Å². The van der Waals surface area contributed by atoms with Crippen molar-refractivity contribution in [1.82, 2.24) is 5.32 Å². The third-order valence-corrected chi connectivity index (χ3v) is 4.82. The summed E-state index contributed by atoms with van der Waals surface area (Å²) in [5.41, 5.74) is 4.08. The molecule has 1 amide bonds. The van der Waals surface area contributed by atoms with Crippen LogP contribution in [-0.4, -0.2) is 17.6 Å². The van der Waals surface area contributed by atoms with Crippen molar-refractivity contribution in [2.24, 2.45) is 0 Å². The first-order valence-corrected chi connectivity index (χ1v) is 9.48. The number of fused-ring (bicyclic) bond motifs is 1. The number of amides is 1. The largest absolute Gasteiger partial charge is 0.487 e. The van der Waals surface area contributed by atoms with Crippen molar-refractivity contribution in [3.8, 4) is 11.5 Å². The van der Waals surface area contributed by atoms with E-state index in [2.05, 4.69) is 17.4 Å². The molecule has 0 saturated heterocycles. The summed E-state index contributed by atoms with van der Waals surface area (Å²) in [5.74, 6) is 1.44. The van der Waals surface area contributed by atoms with Gasteiger partial charge in [0, 0.05) is 12.0 Å². The smallest absolute Gasteiger partial charge is 0.261 e. The molecular formula is C23H29NO3. The molecule has 0 saturated carbocycles. The molecule has 0 bridgehead atoms. The minimum atomic E-state index is -0.578. The number of nitrogens with one attached hydrogen (secondary N) is 1. The van der Waals surface area contributed by atoms with Gasteiger partial charge in [-0.15, -0.1) is 0 Å². The third-order valence-electron chi connectivity index (χ3n) is 4.82. The summed E-state index contributed by atoms with van der Waals surface area (Å²) in [5, 5.41) is 3.16. The van der Waals surface area contributed by atoms with Crippen LogP contribution in [0.5, 0.6) is 11.5 Å². The third kappa shape index (κ3) is 4.62. The molecule has 1 N–H and O–H groups in total. The van der Waals surface area contributed by atoms with E-state index < -0.39 is 6.10 Å². The van der Waals surface area contributed by atoms with Crippen molar-refractivity contribution in [2.45, 2.75) is 65.7 Å². The molecule has 2 atom stereocenters. The number of hydrogen-bond acceptors (Lipinski definition) is 3. The Bertz CT molecular complexity index is 836. The lowest BCUT2D eigenvalue weighted by molar-refractivity contribution is -0.128. The van der Waals surface area contributed by atoms with E-state index in [1.54, 1.807) is 6.92 Å². The number of rotatable bonds is 4. The SMILES string of the molecule is Cc1cc(C)cc(O[C@@H](C)C(=O)N[C@H]2CC(C)(C)Oc3ccc(C)cc32)c1. The molecule has 1 heterocycles. The monoisotopic (exact) mass is 367 g/mol. The van der Waals surface area contributed by atoms with Crippen LogP contribution in [0.2, 0.25) is 0 Å². The standard InChI is InChI=1S/C23H29NO3/c1-14-7-8-21-19(12-14)20(13-23(5,6)27-21)24-22(25)17(4)26-18-10-15(2)9-16(3)11-18/h7-12,17,20H,13H2,1-6H3,(H,24,25)/t17-,20-/m0/s1. The molecule has 1 aliphatic heterocycles. The summed E-state index contributed by atoms with van der Waals surface area (Å²) in [7, 11) is 0. The molecule has 1 aliphatic rings. The number of ether oxygens (including phenoxy) is 2. The van der Waals surface area contributed by atoms with Gasteiger partial charge in [0.2, 0.25) is 0 Å². The zero-order chi connectivity index (χ0) is 19.8. The van der Waals surface area contributed by atoms with Crippen LogP contribution in [-0.2, 0) is 4.79 Å². The van der Waals surface area contributed by atoms with Crippen LogP contribution in [0, 0.1) is 20.8 Å². The van der Waals surface area contributed by atoms with Gasteiger partial charge in [-0.2, -0.15) is 0 Å². The molecular weight excluding hydrogens is 338 g/mol. The Morgan fingerprint density at radius 3 is 2.44 bits per heavy atom. The molecule has 0 radical (unpaired) electrons. The van der Waals surface area contributed by atoms with Gasteiger partial charge >= 0.3 is 0 Å². The Labute approximate surface area is 161 Å². The lowest BCUT2D eigenvalue weighted by Crippen LogP contribution is -2.44. The van der Waals surface area contributed by atoms with E-state index in [1.165, 1.54) is 0 Å². The van der Waals surface area contributed by atoms with Crippen molar-refractivity contribution >= 4 is 5.91 Å². The lowest BCUT2D eigenvalue weighted by atomic mass is 9.89. The van der Waals surface area contributed by atoms with E-state index in [0.29, 0.717) is 6.42 Å². The highest BCUT2D eigenvalue weighted by Gasteiger charge is 2.35. The fourth-order valence-electron chi connectivity index (χ4n) is 3.65. The van der Waals surface area contributed by atoms with Crippen molar-refractivity contribution in [3.05, 3.63) is 58.7 Å². The van der Waals surface area contributed by atoms with Crippen molar-refractivity contribution < 1.29 is 14.3 Å². The molecule has 4 nitrogen and oxygen atoms in total. The summed E-state index contributed by atoms with van der Waals surface area (Å²) < 4.78 is 12.0. The first kappa shape index (κ1) is 19.3. The van der Waals surface area contributed by atoms with Crippen LogP contribution >= 0.6 is 0 Å². The second-order valence-electron chi connectivity index (χ2n) is 8.25. The van der Waals surface area contributed by atoms with Gasteiger partial charge in [-0.1, -0.05) is 23.8 Å². The molecule has 2 aromatic carbocycles. The Balaban J connectivity index is 1.76. The molecule has 2 aromatic rings. The molecule has 0 fully saturated rings. The van der Waals surface area contributed by atoms with E-state index in [4.69, 9.17) is 9.47 Å². The predicted molar refractivity (Wildman–Crippen MR) is 107 cm³/mol. The van der Waals surface area contributed by atoms with Crippen LogP contribution in [0.3, 0.4) is 0 Å². The second kappa shape index (κ2) is 7.26. The Kier molecular flexibility index (Phi) is 5.18. The molecule has 0 aliphatic carbocycles. The first-order chi connectivity index (χ1) is 12.6. The molecule has 0 spiro atoms. The number of benzene rings is 2. The van der Waals surface area contributed by atoms with Crippen LogP contribution in [0.25, 0.3) is 0 Å². The molecule has 0 aromatic heterocycles. The molecule has 4 heteroatoms. The molecule has 27 heavy (non-hydrogen) atoms. The van der Waals surface area contributed by atoms with Gasteiger partial charge in [-0.25, -0.2) is 0 Å². The summed E-state index contributed by atoms with van der Waals surface area (Å²) >= 11 is 0. The second-order valence-corrected chi connectivity index (χ2v) is 8.25. The maximum absolute atomic E-state index is 12.8. The van der Waals surface area contributed by atoms with Gasteiger partial charge in [0.25, 0.3) is 5.91 Å². The highest BCUT2D eigenvalue weighted by molar-refractivity contribution is 5.81. The van der Waals surface area contributed by atoms with Crippen LogP contribution in [0.1, 0.15) is 55.5 Å². The number of carbonyl (C=O) groups is 1. The molecule has 144 valence electrons. The maximum Gasteiger partial charge on any atom is 0.261 e. The van der Waals surface area contributed by atoms with Gasteiger partial charge in [-0.05, 0) is 70.9 Å². The number of hydrogen-bond donors (Lipinski definition) is 1. The normalized spacial score (nSPS) is 18.8. The average Bonchev–Trinajstić information content (AvgIpc) is 2.53. The fraction of sp³-hybridized carbons (Fsp3) is 0.435. The van der Waals surface area contributed by atoms with Gasteiger partial charge < -0.3 is 14.8 Å².